The zero-order valence-electron chi connectivity index (χ0n) is 14.9. The fourth-order valence-corrected chi connectivity index (χ4v) is 3.80. The van der Waals surface area contributed by atoms with Crippen LogP contribution >= 0.6 is 24.8 Å². The van der Waals surface area contributed by atoms with E-state index in [1.807, 2.05) is 0 Å². The summed E-state index contributed by atoms with van der Waals surface area (Å²) in [5.41, 5.74) is 1.37. The van der Waals surface area contributed by atoms with Crippen molar-refractivity contribution in [1.29, 1.82) is 0 Å². The predicted molar refractivity (Wildman–Crippen MR) is 108 cm³/mol. The van der Waals surface area contributed by atoms with Gasteiger partial charge in [0.15, 0.2) is 0 Å². The van der Waals surface area contributed by atoms with Gasteiger partial charge in [0.2, 0.25) is 5.91 Å². The highest BCUT2D eigenvalue weighted by Crippen LogP contribution is 2.21. The minimum Gasteiger partial charge on any atom is -0.353 e. The first-order valence-corrected chi connectivity index (χ1v) is 9.01. The van der Waals surface area contributed by atoms with Crippen molar-refractivity contribution in [3.05, 3.63) is 35.9 Å². The van der Waals surface area contributed by atoms with E-state index in [0.717, 1.165) is 51.9 Å². The molecule has 142 valence electrons. The number of hydrogen-bond acceptors (Lipinski definition) is 3. The van der Waals surface area contributed by atoms with Crippen LogP contribution in [-0.2, 0) is 11.3 Å². The first-order chi connectivity index (χ1) is 11.2. The van der Waals surface area contributed by atoms with Gasteiger partial charge in [-0.3, -0.25) is 9.69 Å². The molecule has 2 N–H and O–H groups in total. The van der Waals surface area contributed by atoms with Crippen molar-refractivity contribution in [2.45, 2.75) is 51.2 Å². The fourth-order valence-electron chi connectivity index (χ4n) is 3.80. The topological polar surface area (TPSA) is 44.4 Å². The van der Waals surface area contributed by atoms with Gasteiger partial charge in [-0.15, -0.1) is 24.8 Å². The predicted octanol–water partition coefficient (Wildman–Crippen LogP) is 3.00. The van der Waals surface area contributed by atoms with Gasteiger partial charge in [0.05, 0.1) is 5.92 Å². The number of nitrogens with one attached hydrogen (secondary N) is 2. The summed E-state index contributed by atoms with van der Waals surface area (Å²) in [5, 5.41) is 6.62. The molecular formula is C19H31Cl2N3O. The summed E-state index contributed by atoms with van der Waals surface area (Å²) in [6, 6.07) is 11.5. The van der Waals surface area contributed by atoms with Crippen LogP contribution in [0.1, 0.15) is 38.2 Å². The average Bonchev–Trinajstić information content (AvgIpc) is 2.59. The summed E-state index contributed by atoms with van der Waals surface area (Å²) < 4.78 is 0. The van der Waals surface area contributed by atoms with Gasteiger partial charge in [-0.25, -0.2) is 0 Å². The van der Waals surface area contributed by atoms with Crippen molar-refractivity contribution < 1.29 is 4.79 Å². The molecule has 0 radical (unpaired) electrons. The van der Waals surface area contributed by atoms with E-state index in [9.17, 15) is 4.79 Å². The summed E-state index contributed by atoms with van der Waals surface area (Å²) in [6.45, 7) is 6.25. The molecule has 2 aliphatic rings. The third kappa shape index (κ3) is 6.45. The van der Waals surface area contributed by atoms with Crippen LogP contribution < -0.4 is 10.6 Å². The van der Waals surface area contributed by atoms with E-state index in [1.165, 1.54) is 5.56 Å². The molecule has 25 heavy (non-hydrogen) atoms. The van der Waals surface area contributed by atoms with Crippen LogP contribution in [0.5, 0.6) is 0 Å². The number of rotatable bonds is 4. The lowest BCUT2D eigenvalue weighted by atomic mass is 9.94. The number of likely N-dealkylation sites (tertiary alicyclic amines) is 1. The Labute approximate surface area is 163 Å². The van der Waals surface area contributed by atoms with E-state index in [2.05, 4.69) is 52.8 Å². The Bertz CT molecular complexity index is 509. The second-order valence-corrected chi connectivity index (χ2v) is 7.08. The normalized spacial score (nSPS) is 26.8. The zero-order chi connectivity index (χ0) is 16.1. The van der Waals surface area contributed by atoms with E-state index in [1.54, 1.807) is 0 Å². The van der Waals surface area contributed by atoms with Gasteiger partial charge in [-0.2, -0.15) is 0 Å². The lowest BCUT2D eigenvalue weighted by Gasteiger charge is -2.38. The van der Waals surface area contributed by atoms with Gasteiger partial charge in [-0.05, 0) is 44.7 Å². The molecule has 3 rings (SSSR count). The maximum absolute atomic E-state index is 12.4. The molecule has 0 aliphatic carbocycles. The zero-order valence-corrected chi connectivity index (χ0v) is 16.6. The molecular weight excluding hydrogens is 357 g/mol. The Kier molecular flexibility index (Phi) is 9.80. The first kappa shape index (κ1) is 22.2. The highest BCUT2D eigenvalue weighted by Gasteiger charge is 2.28. The van der Waals surface area contributed by atoms with Crippen molar-refractivity contribution in [2.75, 3.05) is 19.6 Å². The Morgan fingerprint density at radius 1 is 1.24 bits per heavy atom. The Balaban J connectivity index is 0.00000156. The number of halogens is 2. The highest BCUT2D eigenvalue weighted by molar-refractivity contribution is 5.85. The Hall–Kier alpha value is -0.810. The molecule has 2 aliphatic heterocycles. The lowest BCUT2D eigenvalue weighted by Crippen LogP contribution is -2.51. The SMILES string of the molecule is CC1CC(NC(=O)C2CCCNC2)CCN1Cc1ccccc1.Cl.Cl. The standard InChI is InChI=1S/C19H29N3O.2ClH/c1-15-12-18(21-19(23)17-8-5-10-20-13-17)9-11-22(15)14-16-6-3-2-4-7-16;;/h2-4,6-7,15,17-18,20H,5,8-14H2,1H3,(H,21,23);2*1H. The van der Waals surface area contributed by atoms with Crippen LogP contribution in [0.2, 0.25) is 0 Å². The maximum atomic E-state index is 12.4. The quantitative estimate of drug-likeness (QED) is 0.834. The third-order valence-electron chi connectivity index (χ3n) is 5.26. The number of carbonyl (C=O) groups is 1. The number of benzene rings is 1. The van der Waals surface area contributed by atoms with Crippen LogP contribution in [0.4, 0.5) is 0 Å². The lowest BCUT2D eigenvalue weighted by molar-refractivity contribution is -0.126. The second-order valence-electron chi connectivity index (χ2n) is 7.08. The molecule has 4 nitrogen and oxygen atoms in total. The molecule has 2 heterocycles. The summed E-state index contributed by atoms with van der Waals surface area (Å²) in [6.07, 6.45) is 4.26. The molecule has 2 saturated heterocycles. The average molecular weight is 388 g/mol. The van der Waals surface area contributed by atoms with Crippen LogP contribution in [0.25, 0.3) is 0 Å². The number of carbonyl (C=O) groups excluding carboxylic acids is 1. The maximum Gasteiger partial charge on any atom is 0.224 e. The molecule has 3 unspecified atom stereocenters. The van der Waals surface area contributed by atoms with Gasteiger partial charge in [-0.1, -0.05) is 30.3 Å². The van der Waals surface area contributed by atoms with Crippen molar-refractivity contribution in [3.63, 3.8) is 0 Å². The van der Waals surface area contributed by atoms with Crippen molar-refractivity contribution in [3.8, 4) is 0 Å². The molecule has 2 fully saturated rings. The van der Waals surface area contributed by atoms with E-state index < -0.39 is 0 Å². The summed E-state index contributed by atoms with van der Waals surface area (Å²) in [4.78, 5) is 14.9. The van der Waals surface area contributed by atoms with Crippen LogP contribution in [0.15, 0.2) is 30.3 Å². The fraction of sp³-hybridized carbons (Fsp3) is 0.632. The van der Waals surface area contributed by atoms with Gasteiger partial charge in [0.1, 0.15) is 0 Å². The third-order valence-corrected chi connectivity index (χ3v) is 5.26. The Morgan fingerprint density at radius 2 is 2.00 bits per heavy atom. The first-order valence-electron chi connectivity index (χ1n) is 9.01. The number of hydrogen-bond donors (Lipinski definition) is 2. The molecule has 1 aromatic rings. The Morgan fingerprint density at radius 3 is 2.64 bits per heavy atom. The highest BCUT2D eigenvalue weighted by atomic mass is 35.5. The molecule has 6 heteroatoms. The minimum atomic E-state index is 0. The molecule has 1 aromatic carbocycles. The summed E-state index contributed by atoms with van der Waals surface area (Å²) in [5.74, 6) is 0.423. The second kappa shape index (κ2) is 11.0. The molecule has 0 bridgehead atoms. The number of amides is 1. The van der Waals surface area contributed by atoms with Crippen molar-refractivity contribution in [1.82, 2.24) is 15.5 Å². The van der Waals surface area contributed by atoms with Gasteiger partial charge in [0, 0.05) is 31.7 Å². The number of piperidine rings is 2. The monoisotopic (exact) mass is 387 g/mol. The smallest absolute Gasteiger partial charge is 0.224 e. The molecule has 0 saturated carbocycles. The summed E-state index contributed by atoms with van der Waals surface area (Å²) in [7, 11) is 0. The summed E-state index contributed by atoms with van der Waals surface area (Å²) >= 11 is 0. The molecule has 1 amide bonds. The molecule has 0 aromatic heterocycles. The van der Waals surface area contributed by atoms with E-state index >= 15 is 0 Å². The van der Waals surface area contributed by atoms with E-state index in [0.29, 0.717) is 12.1 Å². The van der Waals surface area contributed by atoms with Crippen LogP contribution in [0, 0.1) is 5.92 Å². The van der Waals surface area contributed by atoms with Gasteiger partial charge >= 0.3 is 0 Å². The molecule has 0 spiro atoms. The largest absolute Gasteiger partial charge is 0.353 e. The van der Waals surface area contributed by atoms with Crippen LogP contribution in [0.3, 0.4) is 0 Å². The van der Waals surface area contributed by atoms with Gasteiger partial charge < -0.3 is 10.6 Å². The van der Waals surface area contributed by atoms with Crippen molar-refractivity contribution >= 4 is 30.7 Å². The van der Waals surface area contributed by atoms with Crippen LogP contribution in [-0.4, -0.2) is 42.5 Å². The van der Waals surface area contributed by atoms with E-state index in [4.69, 9.17) is 0 Å². The number of nitrogens with zero attached hydrogens (tertiary/aromatic N) is 1. The minimum absolute atomic E-state index is 0. The molecule has 3 atom stereocenters. The van der Waals surface area contributed by atoms with E-state index in [-0.39, 0.29) is 36.6 Å². The van der Waals surface area contributed by atoms with Crippen molar-refractivity contribution in [2.24, 2.45) is 5.92 Å². The van der Waals surface area contributed by atoms with Gasteiger partial charge in [0.25, 0.3) is 0 Å².